The van der Waals surface area contributed by atoms with Gasteiger partial charge in [0, 0.05) is 24.5 Å². The molecule has 0 bridgehead atoms. The van der Waals surface area contributed by atoms with Crippen LogP contribution < -0.4 is 4.74 Å². The Labute approximate surface area is 149 Å². The molecule has 0 spiro atoms. The SMILES string of the molecule is COc1ccc(CN(C)C(=O)c2csc(-c3ccc(F)cc3)n2)cc1. The molecule has 4 nitrogen and oxygen atoms in total. The second kappa shape index (κ2) is 7.44. The van der Waals surface area contributed by atoms with Crippen LogP contribution in [0, 0.1) is 5.82 Å². The fourth-order valence-corrected chi connectivity index (χ4v) is 3.17. The first-order chi connectivity index (χ1) is 12.1. The van der Waals surface area contributed by atoms with Crippen molar-refractivity contribution >= 4 is 17.2 Å². The lowest BCUT2D eigenvalue weighted by atomic mass is 10.2. The van der Waals surface area contributed by atoms with Gasteiger partial charge in [-0.1, -0.05) is 12.1 Å². The first-order valence-electron chi connectivity index (χ1n) is 7.66. The van der Waals surface area contributed by atoms with Gasteiger partial charge in [-0.2, -0.15) is 0 Å². The molecule has 0 saturated carbocycles. The molecule has 0 saturated heterocycles. The van der Waals surface area contributed by atoms with Gasteiger partial charge in [-0.05, 0) is 42.0 Å². The molecule has 1 aromatic heterocycles. The largest absolute Gasteiger partial charge is 0.497 e. The molecule has 0 aliphatic carbocycles. The van der Waals surface area contributed by atoms with Gasteiger partial charge in [-0.3, -0.25) is 4.79 Å². The minimum atomic E-state index is -0.296. The van der Waals surface area contributed by atoms with Crippen molar-refractivity contribution in [3.05, 3.63) is 71.0 Å². The summed E-state index contributed by atoms with van der Waals surface area (Å²) in [5.74, 6) is 0.331. The molecule has 1 heterocycles. The maximum Gasteiger partial charge on any atom is 0.273 e. The van der Waals surface area contributed by atoms with Gasteiger partial charge < -0.3 is 9.64 Å². The van der Waals surface area contributed by atoms with Crippen LogP contribution in [0.25, 0.3) is 10.6 Å². The Balaban J connectivity index is 1.70. The zero-order valence-electron chi connectivity index (χ0n) is 13.9. The Morgan fingerprint density at radius 2 is 1.84 bits per heavy atom. The van der Waals surface area contributed by atoms with Crippen LogP contribution in [0.5, 0.6) is 5.75 Å². The Morgan fingerprint density at radius 1 is 1.16 bits per heavy atom. The maximum atomic E-state index is 13.0. The van der Waals surface area contributed by atoms with Gasteiger partial charge >= 0.3 is 0 Å². The number of hydrogen-bond acceptors (Lipinski definition) is 4. The van der Waals surface area contributed by atoms with Crippen LogP contribution in [-0.4, -0.2) is 29.9 Å². The van der Waals surface area contributed by atoms with E-state index in [-0.39, 0.29) is 11.7 Å². The molecule has 128 valence electrons. The smallest absolute Gasteiger partial charge is 0.273 e. The molecule has 0 N–H and O–H groups in total. The second-order valence-corrected chi connectivity index (χ2v) is 6.41. The molecule has 6 heteroatoms. The van der Waals surface area contributed by atoms with E-state index in [0.717, 1.165) is 16.9 Å². The predicted octanol–water partition coefficient (Wildman–Crippen LogP) is 4.23. The van der Waals surface area contributed by atoms with Gasteiger partial charge in [0.2, 0.25) is 0 Å². The number of methoxy groups -OCH3 is 1. The summed E-state index contributed by atoms with van der Waals surface area (Å²) in [4.78, 5) is 18.6. The van der Waals surface area contributed by atoms with Gasteiger partial charge in [-0.25, -0.2) is 9.37 Å². The Kier molecular flexibility index (Phi) is 5.09. The molecule has 0 aliphatic rings. The summed E-state index contributed by atoms with van der Waals surface area (Å²) in [7, 11) is 3.36. The van der Waals surface area contributed by atoms with Crippen LogP contribution in [0.15, 0.2) is 53.9 Å². The van der Waals surface area contributed by atoms with Crippen molar-refractivity contribution in [3.8, 4) is 16.3 Å². The number of aromatic nitrogens is 1. The quantitative estimate of drug-likeness (QED) is 0.687. The highest BCUT2D eigenvalue weighted by molar-refractivity contribution is 7.13. The standard InChI is InChI=1S/C19H17FN2O2S/c1-22(11-13-3-9-16(24-2)10-4-13)19(23)17-12-25-18(21-17)14-5-7-15(20)8-6-14/h3-10,12H,11H2,1-2H3. The van der Waals surface area contributed by atoms with Crippen molar-refractivity contribution in [2.24, 2.45) is 0 Å². The number of hydrogen-bond donors (Lipinski definition) is 0. The van der Waals surface area contributed by atoms with Crippen LogP contribution >= 0.6 is 11.3 Å². The average molecular weight is 356 g/mol. The number of halogens is 1. The molecule has 0 fully saturated rings. The third-order valence-electron chi connectivity index (χ3n) is 3.74. The molecule has 3 aromatic rings. The van der Waals surface area contributed by atoms with Crippen molar-refractivity contribution < 1.29 is 13.9 Å². The minimum absolute atomic E-state index is 0.152. The lowest BCUT2D eigenvalue weighted by molar-refractivity contribution is 0.0780. The summed E-state index contributed by atoms with van der Waals surface area (Å²) in [6.45, 7) is 0.478. The van der Waals surface area contributed by atoms with E-state index >= 15 is 0 Å². The highest BCUT2D eigenvalue weighted by atomic mass is 32.1. The second-order valence-electron chi connectivity index (χ2n) is 5.55. The maximum absolute atomic E-state index is 13.0. The molecule has 0 unspecified atom stereocenters. The third-order valence-corrected chi connectivity index (χ3v) is 4.63. The van der Waals surface area contributed by atoms with Crippen molar-refractivity contribution in [3.63, 3.8) is 0 Å². The molecule has 1 amide bonds. The van der Waals surface area contributed by atoms with E-state index in [2.05, 4.69) is 4.98 Å². The monoisotopic (exact) mass is 356 g/mol. The Bertz CT molecular complexity index is 860. The zero-order valence-corrected chi connectivity index (χ0v) is 14.7. The first-order valence-corrected chi connectivity index (χ1v) is 8.54. The van der Waals surface area contributed by atoms with E-state index in [9.17, 15) is 9.18 Å². The Hall–Kier alpha value is -2.73. The first kappa shape index (κ1) is 17.1. The van der Waals surface area contributed by atoms with E-state index < -0.39 is 0 Å². The van der Waals surface area contributed by atoms with Crippen molar-refractivity contribution in [1.82, 2.24) is 9.88 Å². The number of nitrogens with zero attached hydrogens (tertiary/aromatic N) is 2. The molecule has 0 aliphatic heterocycles. The van der Waals surface area contributed by atoms with Gasteiger partial charge in [0.15, 0.2) is 0 Å². The van der Waals surface area contributed by atoms with Crippen molar-refractivity contribution in [2.75, 3.05) is 14.2 Å². The van der Waals surface area contributed by atoms with Gasteiger partial charge in [-0.15, -0.1) is 11.3 Å². The number of carbonyl (C=O) groups is 1. The predicted molar refractivity (Wildman–Crippen MR) is 96.3 cm³/mol. The zero-order chi connectivity index (χ0) is 17.8. The van der Waals surface area contributed by atoms with Crippen LogP contribution in [-0.2, 0) is 6.54 Å². The number of rotatable bonds is 5. The fourth-order valence-electron chi connectivity index (χ4n) is 2.37. The summed E-state index contributed by atoms with van der Waals surface area (Å²) >= 11 is 1.37. The summed E-state index contributed by atoms with van der Waals surface area (Å²) in [6, 6.07) is 13.7. The molecule has 3 rings (SSSR count). The van der Waals surface area contributed by atoms with Crippen LogP contribution in [0.4, 0.5) is 4.39 Å². The van der Waals surface area contributed by atoms with Crippen molar-refractivity contribution in [2.45, 2.75) is 6.54 Å². The van der Waals surface area contributed by atoms with E-state index in [4.69, 9.17) is 4.74 Å². The molecular weight excluding hydrogens is 339 g/mol. The fraction of sp³-hybridized carbons (Fsp3) is 0.158. The number of carbonyl (C=O) groups excluding carboxylic acids is 1. The van der Waals surface area contributed by atoms with Gasteiger partial charge in [0.1, 0.15) is 22.3 Å². The molecule has 2 aromatic carbocycles. The molecule has 0 radical (unpaired) electrons. The van der Waals surface area contributed by atoms with E-state index in [1.165, 1.54) is 23.5 Å². The highest BCUT2D eigenvalue weighted by Crippen LogP contribution is 2.24. The molecular formula is C19H17FN2O2S. The van der Waals surface area contributed by atoms with Crippen LogP contribution in [0.2, 0.25) is 0 Å². The van der Waals surface area contributed by atoms with Crippen LogP contribution in [0.3, 0.4) is 0 Å². The number of benzene rings is 2. The summed E-state index contributed by atoms with van der Waals surface area (Å²) < 4.78 is 18.1. The molecule has 25 heavy (non-hydrogen) atoms. The number of ether oxygens (including phenoxy) is 1. The van der Waals surface area contributed by atoms with Crippen molar-refractivity contribution in [1.29, 1.82) is 0 Å². The van der Waals surface area contributed by atoms with E-state index in [1.54, 1.807) is 36.6 Å². The van der Waals surface area contributed by atoms with Crippen LogP contribution in [0.1, 0.15) is 16.1 Å². The van der Waals surface area contributed by atoms with Gasteiger partial charge in [0.05, 0.1) is 7.11 Å². The summed E-state index contributed by atoms with van der Waals surface area (Å²) in [5.41, 5.74) is 2.19. The van der Waals surface area contributed by atoms with Gasteiger partial charge in [0.25, 0.3) is 5.91 Å². The normalized spacial score (nSPS) is 10.5. The average Bonchev–Trinajstić information content (AvgIpc) is 3.12. The molecule has 0 atom stereocenters. The minimum Gasteiger partial charge on any atom is -0.497 e. The number of thiazole rings is 1. The topological polar surface area (TPSA) is 42.4 Å². The highest BCUT2D eigenvalue weighted by Gasteiger charge is 2.16. The third kappa shape index (κ3) is 4.03. The Morgan fingerprint density at radius 3 is 2.48 bits per heavy atom. The van der Waals surface area contributed by atoms with E-state index in [0.29, 0.717) is 17.2 Å². The summed E-state index contributed by atoms with van der Waals surface area (Å²) in [5, 5.41) is 2.42. The summed E-state index contributed by atoms with van der Waals surface area (Å²) in [6.07, 6.45) is 0. The lowest BCUT2D eigenvalue weighted by Gasteiger charge is -2.16. The van der Waals surface area contributed by atoms with E-state index in [1.807, 2.05) is 24.3 Å². The lowest BCUT2D eigenvalue weighted by Crippen LogP contribution is -2.26. The number of amides is 1.